The molecule has 1 aromatic heterocycles. The number of rotatable bonds is 7. The number of methoxy groups -OCH3 is 1. The predicted molar refractivity (Wildman–Crippen MR) is 103 cm³/mol. The number of esters is 4. The second-order valence-corrected chi connectivity index (χ2v) is 6.98. The fraction of sp³-hybridized carbons (Fsp3) is 0.556. The lowest BCUT2D eigenvalue weighted by Gasteiger charge is -2.24. The highest BCUT2D eigenvalue weighted by atomic mass is 32.1. The van der Waals surface area contributed by atoms with E-state index in [1.54, 1.807) is 0 Å². The van der Waals surface area contributed by atoms with Crippen LogP contribution in [0.2, 0.25) is 0 Å². The molecule has 1 aromatic rings. The zero-order valence-corrected chi connectivity index (χ0v) is 18.1. The molecule has 0 saturated carbocycles. The van der Waals surface area contributed by atoms with Gasteiger partial charge in [0.2, 0.25) is 0 Å². The molecule has 0 aliphatic carbocycles. The average molecular weight is 458 g/mol. The van der Waals surface area contributed by atoms with Crippen molar-refractivity contribution >= 4 is 36.1 Å². The highest BCUT2D eigenvalue weighted by molar-refractivity contribution is 7.71. The first-order valence-electron chi connectivity index (χ1n) is 9.08. The van der Waals surface area contributed by atoms with Crippen LogP contribution in [0.1, 0.15) is 32.6 Å². The third kappa shape index (κ3) is 6.21. The smallest absolute Gasteiger partial charge is 0.310 e. The summed E-state index contributed by atoms with van der Waals surface area (Å²) in [7, 11) is 1.17. The van der Waals surface area contributed by atoms with Crippen molar-refractivity contribution in [3.63, 3.8) is 0 Å². The molecule has 2 heterocycles. The fourth-order valence-corrected chi connectivity index (χ4v) is 3.24. The number of nitrogens with one attached hydrogen (secondary N) is 1. The summed E-state index contributed by atoms with van der Waals surface area (Å²) >= 11 is 5.19. The van der Waals surface area contributed by atoms with Crippen LogP contribution in [0.3, 0.4) is 0 Å². The van der Waals surface area contributed by atoms with Crippen molar-refractivity contribution in [1.82, 2.24) is 9.55 Å². The molecule has 2 unspecified atom stereocenters. The van der Waals surface area contributed by atoms with Crippen molar-refractivity contribution in [3.8, 4) is 0 Å². The Balaban J connectivity index is 2.51. The van der Waals surface area contributed by atoms with Gasteiger partial charge in [-0.25, -0.2) is 0 Å². The number of carbonyl (C=O) groups excluding carboxylic acids is 4. The summed E-state index contributed by atoms with van der Waals surface area (Å²) in [5.74, 6) is -2.65. The second-order valence-electron chi connectivity index (χ2n) is 6.59. The molecule has 170 valence electrons. The Morgan fingerprint density at radius 2 is 1.71 bits per heavy atom. The van der Waals surface area contributed by atoms with E-state index in [1.165, 1.54) is 24.8 Å². The second kappa shape index (κ2) is 10.3. The molecule has 0 spiro atoms. The fourth-order valence-electron chi connectivity index (χ4n) is 2.99. The highest BCUT2D eigenvalue weighted by Crippen LogP contribution is 2.34. The number of aromatic nitrogens is 2. The van der Waals surface area contributed by atoms with Crippen LogP contribution in [-0.4, -0.2) is 65.5 Å². The normalized spacial score (nSPS) is 22.5. The van der Waals surface area contributed by atoms with Crippen molar-refractivity contribution in [2.24, 2.45) is 0 Å². The predicted octanol–water partition coefficient (Wildman–Crippen LogP) is -0.0547. The van der Waals surface area contributed by atoms with Gasteiger partial charge in [-0.3, -0.25) is 33.5 Å². The molecule has 31 heavy (non-hydrogen) atoms. The molecule has 0 bridgehead atoms. The quantitative estimate of drug-likeness (QED) is 0.332. The lowest BCUT2D eigenvalue weighted by Crippen LogP contribution is -2.40. The van der Waals surface area contributed by atoms with Crippen LogP contribution in [0.15, 0.2) is 11.0 Å². The van der Waals surface area contributed by atoms with Crippen LogP contribution in [0, 0.1) is 4.77 Å². The van der Waals surface area contributed by atoms with Crippen LogP contribution >= 0.6 is 12.2 Å². The molecule has 1 fully saturated rings. The van der Waals surface area contributed by atoms with Gasteiger partial charge in [-0.1, -0.05) is 0 Å². The van der Waals surface area contributed by atoms with Crippen LogP contribution in [-0.2, 0) is 49.3 Å². The van der Waals surface area contributed by atoms with Crippen LogP contribution in [0.4, 0.5) is 0 Å². The summed E-state index contributed by atoms with van der Waals surface area (Å²) < 4.78 is 27.2. The molecule has 1 aliphatic heterocycles. The number of hydrogen-bond donors (Lipinski definition) is 1. The zero-order valence-electron chi connectivity index (χ0n) is 17.2. The highest BCUT2D eigenvalue weighted by Gasteiger charge is 2.50. The number of nitrogens with zero attached hydrogens (tertiary/aromatic N) is 1. The van der Waals surface area contributed by atoms with Gasteiger partial charge >= 0.3 is 23.9 Å². The maximum absolute atomic E-state index is 12.2. The van der Waals surface area contributed by atoms with Gasteiger partial charge in [-0.2, -0.15) is 0 Å². The standard InChI is InChI=1S/C18H22N2O10S/c1-8(21)27-7-12-14(28-9(2)22)15(29-10(3)23)17(30-12)20-6-11(5-13(24)26-4)16(25)19-18(20)31/h6,12,14-15,17H,5,7H2,1-4H3,(H,19,25,31)/t12-,14?,15?,17-/m1/s1. The number of aromatic amines is 1. The third-order valence-electron chi connectivity index (χ3n) is 4.22. The first-order chi connectivity index (χ1) is 14.5. The number of H-pyrrole nitrogens is 1. The first kappa shape index (κ1) is 24.2. The summed E-state index contributed by atoms with van der Waals surface area (Å²) in [6.07, 6.45) is -3.57. The minimum absolute atomic E-state index is 0.0121. The van der Waals surface area contributed by atoms with E-state index in [9.17, 15) is 24.0 Å². The van der Waals surface area contributed by atoms with Gasteiger partial charge in [0.25, 0.3) is 5.56 Å². The molecule has 13 heteroatoms. The van der Waals surface area contributed by atoms with E-state index in [-0.39, 0.29) is 23.4 Å². The van der Waals surface area contributed by atoms with E-state index < -0.39 is 54.0 Å². The molecule has 0 amide bonds. The lowest BCUT2D eigenvalue weighted by atomic mass is 10.1. The summed E-state index contributed by atoms with van der Waals surface area (Å²) in [5, 5.41) is 0. The summed E-state index contributed by atoms with van der Waals surface area (Å²) in [6.45, 7) is 3.19. The number of hydrogen-bond acceptors (Lipinski definition) is 11. The van der Waals surface area contributed by atoms with E-state index >= 15 is 0 Å². The van der Waals surface area contributed by atoms with Gasteiger partial charge in [0.15, 0.2) is 23.2 Å². The number of carbonyl (C=O) groups is 4. The maximum atomic E-state index is 12.2. The van der Waals surface area contributed by atoms with Crippen LogP contribution in [0.5, 0.6) is 0 Å². The minimum Gasteiger partial charge on any atom is -0.469 e. The van der Waals surface area contributed by atoms with Crippen LogP contribution in [0.25, 0.3) is 0 Å². The van der Waals surface area contributed by atoms with E-state index in [2.05, 4.69) is 9.72 Å². The first-order valence-corrected chi connectivity index (χ1v) is 9.48. The van der Waals surface area contributed by atoms with Gasteiger partial charge < -0.3 is 23.7 Å². The molecule has 0 aromatic carbocycles. The van der Waals surface area contributed by atoms with Gasteiger partial charge in [0, 0.05) is 32.5 Å². The summed E-state index contributed by atoms with van der Waals surface area (Å²) in [5.41, 5.74) is -0.597. The topological polar surface area (TPSA) is 152 Å². The maximum Gasteiger partial charge on any atom is 0.310 e. The molecule has 2 rings (SSSR count). The van der Waals surface area contributed by atoms with E-state index in [4.69, 9.17) is 31.2 Å². The summed E-state index contributed by atoms with van der Waals surface area (Å²) in [6, 6.07) is 0. The van der Waals surface area contributed by atoms with Crippen molar-refractivity contribution in [3.05, 3.63) is 26.9 Å². The van der Waals surface area contributed by atoms with E-state index in [0.717, 1.165) is 13.8 Å². The Bertz CT molecular complexity index is 984. The molecule has 1 saturated heterocycles. The third-order valence-corrected chi connectivity index (χ3v) is 4.53. The Hall–Kier alpha value is -3.06. The average Bonchev–Trinajstić information content (AvgIpc) is 2.98. The monoisotopic (exact) mass is 458 g/mol. The Morgan fingerprint density at radius 1 is 1.10 bits per heavy atom. The largest absolute Gasteiger partial charge is 0.469 e. The van der Waals surface area contributed by atoms with Gasteiger partial charge in [-0.15, -0.1) is 0 Å². The van der Waals surface area contributed by atoms with E-state index in [0.29, 0.717) is 0 Å². The molecule has 1 N–H and O–H groups in total. The van der Waals surface area contributed by atoms with Crippen molar-refractivity contribution in [1.29, 1.82) is 0 Å². The van der Waals surface area contributed by atoms with Gasteiger partial charge in [0.05, 0.1) is 13.5 Å². The molecule has 4 atom stereocenters. The molecule has 0 radical (unpaired) electrons. The van der Waals surface area contributed by atoms with Crippen molar-refractivity contribution in [2.45, 2.75) is 51.7 Å². The Labute approximate surface area is 181 Å². The Kier molecular flexibility index (Phi) is 8.05. The van der Waals surface area contributed by atoms with Gasteiger partial charge in [0.1, 0.15) is 12.7 Å². The molecule has 12 nitrogen and oxygen atoms in total. The molecular weight excluding hydrogens is 436 g/mol. The zero-order chi connectivity index (χ0) is 23.3. The van der Waals surface area contributed by atoms with Crippen LogP contribution < -0.4 is 5.56 Å². The lowest BCUT2D eigenvalue weighted by molar-refractivity contribution is -0.166. The number of ether oxygens (including phenoxy) is 5. The van der Waals surface area contributed by atoms with Crippen molar-refractivity contribution in [2.75, 3.05) is 13.7 Å². The Morgan fingerprint density at radius 3 is 2.26 bits per heavy atom. The molecular formula is C18H22N2O10S. The van der Waals surface area contributed by atoms with Gasteiger partial charge in [-0.05, 0) is 12.2 Å². The molecule has 1 aliphatic rings. The van der Waals surface area contributed by atoms with E-state index in [1.807, 2.05) is 0 Å². The SMILES string of the molecule is COC(=O)Cc1cn([C@@H]2O[C@H](COC(C)=O)C(OC(C)=O)C2OC(C)=O)c(=S)[nH]c1=O. The summed E-state index contributed by atoms with van der Waals surface area (Å²) in [4.78, 5) is 60.8. The minimum atomic E-state index is -1.19. The van der Waals surface area contributed by atoms with Crippen molar-refractivity contribution < 1.29 is 42.9 Å².